The minimum Gasteiger partial charge on any atom is -0.451 e. The normalized spacial score (nSPS) is 19.1. The number of likely N-dealkylation sites (tertiary alicyclic amines) is 1. The van der Waals surface area contributed by atoms with Crippen LogP contribution in [0, 0.1) is 11.7 Å². The van der Waals surface area contributed by atoms with E-state index in [0.29, 0.717) is 23.1 Å². The number of anilines is 1. The molecule has 1 unspecified atom stereocenters. The fraction of sp³-hybridized carbons (Fsp3) is 0.391. The molecule has 0 spiro atoms. The van der Waals surface area contributed by atoms with Crippen molar-refractivity contribution in [2.45, 2.75) is 39.6 Å². The number of hydrogen-bond acceptors (Lipinski definition) is 5. The molecule has 158 valence electrons. The zero-order chi connectivity index (χ0) is 21.3. The number of ether oxygens (including phenoxy) is 1. The molecular weight excluding hydrogens is 383 g/mol. The number of hydrazone groups is 1. The first-order chi connectivity index (χ1) is 14.4. The van der Waals surface area contributed by atoms with E-state index in [1.807, 2.05) is 37.3 Å². The number of amides is 1. The number of nitrogens with one attached hydrogen (secondary N) is 1. The predicted molar refractivity (Wildman–Crippen MR) is 114 cm³/mol. The Labute approximate surface area is 176 Å². The van der Waals surface area contributed by atoms with Crippen molar-refractivity contribution in [3.63, 3.8) is 0 Å². The van der Waals surface area contributed by atoms with Crippen LogP contribution in [0.2, 0.25) is 0 Å². The summed E-state index contributed by atoms with van der Waals surface area (Å²) in [7, 11) is 0. The van der Waals surface area contributed by atoms with Crippen LogP contribution in [-0.2, 0) is 16.1 Å². The minimum absolute atomic E-state index is 0.0307. The van der Waals surface area contributed by atoms with Crippen LogP contribution >= 0.6 is 0 Å². The molecular formula is C23H27FN4O2. The molecule has 30 heavy (non-hydrogen) atoms. The van der Waals surface area contributed by atoms with Crippen LogP contribution in [-0.4, -0.2) is 42.1 Å². The van der Waals surface area contributed by atoms with Gasteiger partial charge in [-0.2, -0.15) is 0 Å². The highest BCUT2D eigenvalue weighted by atomic mass is 19.1. The molecule has 2 aliphatic rings. The van der Waals surface area contributed by atoms with E-state index < -0.39 is 0 Å². The van der Waals surface area contributed by atoms with Crippen molar-refractivity contribution in [1.82, 2.24) is 10.3 Å². The highest BCUT2D eigenvalue weighted by Gasteiger charge is 2.37. The summed E-state index contributed by atoms with van der Waals surface area (Å²) in [5.74, 6) is -0.0523. The number of rotatable bonds is 6. The van der Waals surface area contributed by atoms with Crippen LogP contribution < -0.4 is 10.3 Å². The molecule has 1 N–H and O–H groups in total. The molecule has 7 heteroatoms. The van der Waals surface area contributed by atoms with E-state index in [4.69, 9.17) is 4.74 Å². The van der Waals surface area contributed by atoms with Gasteiger partial charge in [-0.15, -0.1) is 5.10 Å². The maximum Gasteiger partial charge on any atom is 0.240 e. The van der Waals surface area contributed by atoms with Gasteiger partial charge in [0.2, 0.25) is 11.8 Å². The maximum absolute atomic E-state index is 14.9. The first-order valence-electron chi connectivity index (χ1n) is 10.3. The van der Waals surface area contributed by atoms with Gasteiger partial charge in [0.05, 0.1) is 12.5 Å². The van der Waals surface area contributed by atoms with E-state index in [9.17, 15) is 9.18 Å². The lowest BCUT2D eigenvalue weighted by Crippen LogP contribution is -2.56. The standard InChI is InChI=1S/C23H27FN4O2/c1-15(2)27-12-19(13-27)23(29)28(20-7-5-4-6-8-20)14-18-10-9-17(11-21(18)24)22-26-25-16(3)30-22/h4-11,15-16,19,25H,12-14H2,1-3H3. The van der Waals surface area contributed by atoms with E-state index in [-0.39, 0.29) is 30.4 Å². The molecule has 2 aromatic carbocycles. The van der Waals surface area contributed by atoms with Gasteiger partial charge >= 0.3 is 0 Å². The molecule has 1 amide bonds. The van der Waals surface area contributed by atoms with Gasteiger partial charge in [-0.3, -0.25) is 15.1 Å². The number of halogens is 1. The van der Waals surface area contributed by atoms with Crippen molar-refractivity contribution in [2.75, 3.05) is 18.0 Å². The number of carbonyl (C=O) groups is 1. The fourth-order valence-corrected chi connectivity index (χ4v) is 3.70. The third-order valence-electron chi connectivity index (χ3n) is 5.59. The summed E-state index contributed by atoms with van der Waals surface area (Å²) in [6.45, 7) is 7.73. The molecule has 1 atom stereocenters. The van der Waals surface area contributed by atoms with Crippen molar-refractivity contribution in [1.29, 1.82) is 0 Å². The number of carbonyl (C=O) groups excluding carboxylic acids is 1. The predicted octanol–water partition coefficient (Wildman–Crippen LogP) is 3.33. The monoisotopic (exact) mass is 410 g/mol. The highest BCUT2D eigenvalue weighted by molar-refractivity contribution is 5.96. The lowest BCUT2D eigenvalue weighted by molar-refractivity contribution is -0.128. The summed E-state index contributed by atoms with van der Waals surface area (Å²) in [4.78, 5) is 17.2. The average molecular weight is 410 g/mol. The second-order valence-corrected chi connectivity index (χ2v) is 8.12. The van der Waals surface area contributed by atoms with Crippen molar-refractivity contribution in [3.05, 3.63) is 65.5 Å². The number of hydrogen-bond donors (Lipinski definition) is 1. The van der Waals surface area contributed by atoms with Gasteiger partial charge in [-0.1, -0.05) is 24.3 Å². The molecule has 0 saturated carbocycles. The van der Waals surface area contributed by atoms with E-state index in [2.05, 4.69) is 29.3 Å². The highest BCUT2D eigenvalue weighted by Crippen LogP contribution is 2.26. The lowest BCUT2D eigenvalue weighted by atomic mass is 9.96. The minimum atomic E-state index is -0.385. The SMILES string of the molecule is CC1NN=C(c2ccc(CN(C(=O)C3CN(C(C)C)C3)c3ccccc3)c(F)c2)O1. The molecule has 4 rings (SSSR count). The van der Waals surface area contributed by atoms with Gasteiger partial charge in [-0.05, 0) is 45.0 Å². The number of nitrogens with zero attached hydrogens (tertiary/aromatic N) is 3. The third-order valence-corrected chi connectivity index (χ3v) is 5.59. The van der Waals surface area contributed by atoms with Crippen LogP contribution in [0.1, 0.15) is 31.9 Å². The van der Waals surface area contributed by atoms with Crippen molar-refractivity contribution < 1.29 is 13.9 Å². The summed E-state index contributed by atoms with van der Waals surface area (Å²) >= 11 is 0. The van der Waals surface area contributed by atoms with E-state index >= 15 is 0 Å². The fourth-order valence-electron chi connectivity index (χ4n) is 3.70. The Hall–Kier alpha value is -2.93. The molecule has 6 nitrogen and oxygen atoms in total. The Bertz CT molecular complexity index is 941. The zero-order valence-corrected chi connectivity index (χ0v) is 17.5. The Balaban J connectivity index is 1.54. The average Bonchev–Trinajstić information content (AvgIpc) is 3.12. The van der Waals surface area contributed by atoms with Crippen molar-refractivity contribution >= 4 is 17.5 Å². The largest absolute Gasteiger partial charge is 0.451 e. The number of para-hydroxylation sites is 1. The third kappa shape index (κ3) is 4.16. The zero-order valence-electron chi connectivity index (χ0n) is 17.5. The van der Waals surface area contributed by atoms with Crippen LogP contribution in [0.4, 0.5) is 10.1 Å². The van der Waals surface area contributed by atoms with Crippen LogP contribution in [0.25, 0.3) is 0 Å². The summed E-state index contributed by atoms with van der Waals surface area (Å²) in [6, 6.07) is 14.8. The van der Waals surface area contributed by atoms with Gasteiger partial charge in [0.25, 0.3) is 0 Å². The van der Waals surface area contributed by atoms with Crippen LogP contribution in [0.3, 0.4) is 0 Å². The van der Waals surface area contributed by atoms with Gasteiger partial charge < -0.3 is 9.64 Å². The molecule has 0 bridgehead atoms. The molecule has 0 radical (unpaired) electrons. The van der Waals surface area contributed by atoms with E-state index in [1.165, 1.54) is 6.07 Å². The molecule has 2 aromatic rings. The summed E-state index contributed by atoms with van der Waals surface area (Å²) in [5, 5.41) is 4.07. The topological polar surface area (TPSA) is 57.2 Å². The van der Waals surface area contributed by atoms with Gasteiger partial charge in [0.15, 0.2) is 6.23 Å². The Morgan fingerprint density at radius 2 is 2.00 bits per heavy atom. The molecule has 1 saturated heterocycles. The summed E-state index contributed by atoms with van der Waals surface area (Å²) in [5.41, 5.74) is 4.59. The quantitative estimate of drug-likeness (QED) is 0.794. The molecule has 0 aromatic heterocycles. The first-order valence-corrected chi connectivity index (χ1v) is 10.3. The van der Waals surface area contributed by atoms with Gasteiger partial charge in [0, 0.05) is 35.9 Å². The summed E-state index contributed by atoms with van der Waals surface area (Å²) < 4.78 is 20.4. The Kier molecular flexibility index (Phi) is 5.72. The molecule has 0 aliphatic carbocycles. The summed E-state index contributed by atoms with van der Waals surface area (Å²) in [6.07, 6.45) is -0.234. The number of benzene rings is 2. The van der Waals surface area contributed by atoms with Crippen molar-refractivity contribution in [2.24, 2.45) is 11.0 Å². The van der Waals surface area contributed by atoms with Crippen molar-refractivity contribution in [3.8, 4) is 0 Å². The Morgan fingerprint density at radius 3 is 2.60 bits per heavy atom. The maximum atomic E-state index is 14.9. The van der Waals surface area contributed by atoms with Crippen LogP contribution in [0.15, 0.2) is 53.6 Å². The molecule has 2 heterocycles. The van der Waals surface area contributed by atoms with Gasteiger partial charge in [0.1, 0.15) is 5.82 Å². The second kappa shape index (κ2) is 8.44. The smallest absolute Gasteiger partial charge is 0.240 e. The molecule has 1 fully saturated rings. The van der Waals surface area contributed by atoms with Crippen LogP contribution in [0.5, 0.6) is 0 Å². The second-order valence-electron chi connectivity index (χ2n) is 8.12. The van der Waals surface area contributed by atoms with Gasteiger partial charge in [-0.25, -0.2) is 4.39 Å². The first kappa shape index (κ1) is 20.3. The Morgan fingerprint density at radius 1 is 1.27 bits per heavy atom. The molecule has 2 aliphatic heterocycles. The van der Waals surface area contributed by atoms with E-state index in [1.54, 1.807) is 17.0 Å². The van der Waals surface area contributed by atoms with E-state index in [0.717, 1.165) is 18.8 Å². The lowest BCUT2D eigenvalue weighted by Gasteiger charge is -2.43.